The molecule has 0 saturated carbocycles. The third kappa shape index (κ3) is 6.99. The number of pyridine rings is 1. The molecule has 9 nitrogen and oxygen atoms in total. The smallest absolute Gasteiger partial charge is 0.344 e. The van der Waals surface area contributed by atoms with Gasteiger partial charge in [0, 0.05) is 40.8 Å². The number of carbonyl (C=O) groups is 2. The van der Waals surface area contributed by atoms with Crippen LogP contribution in [0, 0.1) is 0 Å². The zero-order chi connectivity index (χ0) is 31.4. The van der Waals surface area contributed by atoms with Crippen LogP contribution in [0.2, 0.25) is 0 Å². The van der Waals surface area contributed by atoms with E-state index in [9.17, 15) is 22.8 Å². The zero-order valence-corrected chi connectivity index (χ0v) is 24.2. The molecule has 0 aliphatic rings. The van der Waals surface area contributed by atoms with Gasteiger partial charge in [0.15, 0.2) is 0 Å². The van der Waals surface area contributed by atoms with Crippen molar-refractivity contribution in [3.63, 3.8) is 0 Å². The topological polar surface area (TPSA) is 113 Å². The molecule has 0 bridgehead atoms. The minimum absolute atomic E-state index is 0.122. The van der Waals surface area contributed by atoms with Gasteiger partial charge in [0.05, 0.1) is 23.2 Å². The molecule has 4 aromatic heterocycles. The summed E-state index contributed by atoms with van der Waals surface area (Å²) in [6, 6.07) is 25.3. The summed E-state index contributed by atoms with van der Waals surface area (Å²) < 4.78 is 39.5. The predicted molar refractivity (Wildman–Crippen MR) is 166 cm³/mol. The first-order chi connectivity index (χ1) is 21.7. The molecule has 0 aliphatic carbocycles. The predicted octanol–water partition coefficient (Wildman–Crippen LogP) is 6.62. The Bertz CT molecular complexity index is 1990. The first-order valence-electron chi connectivity index (χ1n) is 13.7. The number of aromatic nitrogens is 4. The largest absolute Gasteiger partial charge is 0.471 e. The van der Waals surface area contributed by atoms with E-state index in [4.69, 9.17) is 10.1 Å². The highest BCUT2D eigenvalue weighted by molar-refractivity contribution is 7.10. The van der Waals surface area contributed by atoms with E-state index in [1.54, 1.807) is 41.0 Å². The number of alkyl halides is 3. The Hall–Kier alpha value is -5.56. The molecular formula is C32H24F3N7O2S. The average Bonchev–Trinajstić information content (AvgIpc) is 3.68. The number of thiophene rings is 1. The maximum absolute atomic E-state index is 12.7. The number of rotatable bonds is 9. The first-order valence-corrected chi connectivity index (χ1v) is 14.6. The van der Waals surface area contributed by atoms with Crippen molar-refractivity contribution in [2.45, 2.75) is 19.1 Å². The van der Waals surface area contributed by atoms with Gasteiger partial charge in [-0.2, -0.15) is 18.3 Å². The summed E-state index contributed by atoms with van der Waals surface area (Å²) >= 11 is 1.53. The van der Waals surface area contributed by atoms with Crippen molar-refractivity contribution in [2.24, 2.45) is 0 Å². The summed E-state index contributed by atoms with van der Waals surface area (Å²) in [6.45, 7) is -0.298. The Morgan fingerprint density at radius 1 is 0.911 bits per heavy atom. The van der Waals surface area contributed by atoms with E-state index in [-0.39, 0.29) is 24.8 Å². The van der Waals surface area contributed by atoms with Crippen LogP contribution in [0.3, 0.4) is 0 Å². The van der Waals surface area contributed by atoms with Gasteiger partial charge in [-0.25, -0.2) is 14.5 Å². The Balaban J connectivity index is 1.27. The second kappa shape index (κ2) is 12.6. The maximum atomic E-state index is 12.7. The number of amides is 2. The number of nitrogens with zero attached hydrogens (tertiary/aromatic N) is 4. The number of hydrogen-bond donors (Lipinski definition) is 3. The third-order valence-corrected chi connectivity index (χ3v) is 7.56. The summed E-state index contributed by atoms with van der Waals surface area (Å²) in [5, 5.41) is 14.7. The zero-order valence-electron chi connectivity index (χ0n) is 23.4. The summed E-state index contributed by atoms with van der Waals surface area (Å²) in [5.74, 6) is -1.88. The van der Waals surface area contributed by atoms with E-state index in [0.717, 1.165) is 21.5 Å². The molecule has 0 unspecified atom stereocenters. The van der Waals surface area contributed by atoms with Crippen LogP contribution >= 0.6 is 11.3 Å². The number of halogens is 3. The molecule has 0 atom stereocenters. The monoisotopic (exact) mass is 627 g/mol. The van der Waals surface area contributed by atoms with Crippen LogP contribution in [0.4, 0.5) is 30.5 Å². The first kappa shape index (κ1) is 29.5. The standard InChI is InChI=1S/C32H24F3N7O2S/c33-32(34,35)30(44)37-19-20-6-3-8-22(16-20)39-31-36-13-12-25(40-31)28-26-11-1-2-14-42(26)41-29(28)21-7-4-9-23(17-21)38-27(43)18-24-10-5-15-45-24/h1-17H,18-19H2,(H,37,44)(H,38,43)(H,36,39,40). The van der Waals surface area contributed by atoms with Gasteiger partial charge in [-0.1, -0.05) is 36.4 Å². The quantitative estimate of drug-likeness (QED) is 0.166. The van der Waals surface area contributed by atoms with Crippen molar-refractivity contribution in [2.75, 3.05) is 10.6 Å². The molecule has 2 amide bonds. The SMILES string of the molecule is O=C(Cc1cccs1)Nc1cccc(-c2nn3ccccc3c2-c2ccnc(Nc3cccc(CNC(=O)C(F)(F)F)c3)n2)c1. The fourth-order valence-electron chi connectivity index (χ4n) is 4.70. The second-order valence-corrected chi connectivity index (χ2v) is 10.9. The molecule has 226 valence electrons. The lowest BCUT2D eigenvalue weighted by Gasteiger charge is -2.11. The number of fused-ring (bicyclic) bond motifs is 1. The van der Waals surface area contributed by atoms with Crippen LogP contribution in [-0.4, -0.2) is 37.6 Å². The minimum Gasteiger partial charge on any atom is -0.344 e. The van der Waals surface area contributed by atoms with Gasteiger partial charge in [0.2, 0.25) is 11.9 Å². The summed E-state index contributed by atoms with van der Waals surface area (Å²) in [6.07, 6.45) is -1.25. The number of nitrogens with one attached hydrogen (secondary N) is 3. The molecule has 45 heavy (non-hydrogen) atoms. The highest BCUT2D eigenvalue weighted by atomic mass is 32.1. The van der Waals surface area contributed by atoms with Gasteiger partial charge in [-0.3, -0.25) is 9.59 Å². The van der Waals surface area contributed by atoms with E-state index >= 15 is 0 Å². The van der Waals surface area contributed by atoms with Gasteiger partial charge in [0.1, 0.15) is 5.69 Å². The lowest BCUT2D eigenvalue weighted by Crippen LogP contribution is -2.36. The molecule has 0 fully saturated rings. The van der Waals surface area contributed by atoms with Crippen LogP contribution in [0.1, 0.15) is 10.4 Å². The number of carbonyl (C=O) groups excluding carboxylic acids is 2. The average molecular weight is 628 g/mol. The van der Waals surface area contributed by atoms with Gasteiger partial charge < -0.3 is 16.0 Å². The van der Waals surface area contributed by atoms with Gasteiger partial charge in [-0.15, -0.1) is 11.3 Å². The molecule has 0 spiro atoms. The molecule has 6 rings (SSSR count). The van der Waals surface area contributed by atoms with Crippen molar-refractivity contribution in [1.29, 1.82) is 0 Å². The Labute approximate surface area is 258 Å². The minimum atomic E-state index is -4.96. The molecule has 0 aliphatic heterocycles. The van der Waals surface area contributed by atoms with Gasteiger partial charge in [0.25, 0.3) is 0 Å². The Morgan fingerprint density at radius 2 is 1.76 bits per heavy atom. The fraction of sp³-hybridized carbons (Fsp3) is 0.0938. The molecule has 4 heterocycles. The van der Waals surface area contributed by atoms with Crippen LogP contribution in [0.5, 0.6) is 0 Å². The van der Waals surface area contributed by atoms with Crippen LogP contribution in [-0.2, 0) is 22.6 Å². The van der Waals surface area contributed by atoms with Crippen molar-refractivity contribution >= 4 is 46.0 Å². The summed E-state index contributed by atoms with van der Waals surface area (Å²) in [5.41, 5.74) is 5.14. The lowest BCUT2D eigenvalue weighted by atomic mass is 10.0. The summed E-state index contributed by atoms with van der Waals surface area (Å²) in [7, 11) is 0. The Kier molecular flexibility index (Phi) is 8.25. The number of benzene rings is 2. The van der Waals surface area contributed by atoms with E-state index in [1.165, 1.54) is 11.3 Å². The van der Waals surface area contributed by atoms with Gasteiger partial charge in [-0.05, 0) is 59.5 Å². The van der Waals surface area contributed by atoms with Gasteiger partial charge >= 0.3 is 12.1 Å². The maximum Gasteiger partial charge on any atom is 0.471 e. The number of anilines is 3. The van der Waals surface area contributed by atoms with Crippen molar-refractivity contribution in [1.82, 2.24) is 24.9 Å². The van der Waals surface area contributed by atoms with E-state index in [1.807, 2.05) is 71.5 Å². The van der Waals surface area contributed by atoms with E-state index in [2.05, 4.69) is 15.6 Å². The number of hydrogen-bond acceptors (Lipinski definition) is 7. The van der Waals surface area contributed by atoms with Crippen LogP contribution in [0.15, 0.2) is 103 Å². The van der Waals surface area contributed by atoms with Crippen LogP contribution < -0.4 is 16.0 Å². The molecule has 6 aromatic rings. The molecule has 0 radical (unpaired) electrons. The second-order valence-electron chi connectivity index (χ2n) is 9.91. The van der Waals surface area contributed by atoms with Crippen molar-refractivity contribution in [3.8, 4) is 22.5 Å². The molecule has 2 aromatic carbocycles. The Morgan fingerprint density at radius 3 is 2.58 bits per heavy atom. The van der Waals surface area contributed by atoms with E-state index in [0.29, 0.717) is 28.3 Å². The van der Waals surface area contributed by atoms with E-state index < -0.39 is 12.1 Å². The molecule has 3 N–H and O–H groups in total. The molecule has 0 saturated heterocycles. The van der Waals surface area contributed by atoms with Crippen molar-refractivity contribution < 1.29 is 22.8 Å². The van der Waals surface area contributed by atoms with Crippen molar-refractivity contribution in [3.05, 3.63) is 113 Å². The van der Waals surface area contributed by atoms with Crippen LogP contribution in [0.25, 0.3) is 28.0 Å². The molecule has 13 heteroatoms. The highest BCUT2D eigenvalue weighted by Gasteiger charge is 2.38. The summed E-state index contributed by atoms with van der Waals surface area (Å²) in [4.78, 5) is 33.9. The highest BCUT2D eigenvalue weighted by Crippen LogP contribution is 2.35. The molecular weight excluding hydrogens is 603 g/mol. The lowest BCUT2D eigenvalue weighted by molar-refractivity contribution is -0.173. The fourth-order valence-corrected chi connectivity index (χ4v) is 5.41. The third-order valence-electron chi connectivity index (χ3n) is 6.68. The normalized spacial score (nSPS) is 11.4.